The normalized spacial score (nSPS) is 20.0. The number of thiazole rings is 1. The van der Waals surface area contributed by atoms with Gasteiger partial charge in [0.25, 0.3) is 5.91 Å². The molecule has 1 fully saturated rings. The van der Waals surface area contributed by atoms with E-state index in [1.54, 1.807) is 25.4 Å². The first-order chi connectivity index (χ1) is 10.4. The van der Waals surface area contributed by atoms with E-state index in [0.717, 1.165) is 0 Å². The largest absolute Gasteiger partial charge is 0.347 e. The van der Waals surface area contributed by atoms with E-state index in [1.165, 1.54) is 11.3 Å². The number of carbonyl (C=O) groups excluding carboxylic acids is 1. The number of hydrogen-bond acceptors (Lipinski definition) is 7. The third-order valence-corrected chi connectivity index (χ3v) is 6.25. The zero-order valence-corrected chi connectivity index (χ0v) is 13.4. The van der Waals surface area contributed by atoms with Gasteiger partial charge in [-0.2, -0.15) is 0 Å². The van der Waals surface area contributed by atoms with Crippen LogP contribution in [0.25, 0.3) is 10.8 Å². The quantitative estimate of drug-likeness (QED) is 0.889. The monoisotopic (exact) mass is 338 g/mol. The van der Waals surface area contributed by atoms with Crippen LogP contribution in [-0.2, 0) is 9.84 Å². The van der Waals surface area contributed by atoms with Crippen molar-refractivity contribution in [3.05, 3.63) is 29.0 Å². The van der Waals surface area contributed by atoms with Crippen LogP contribution in [0.2, 0.25) is 0 Å². The molecule has 3 heterocycles. The number of carbonyl (C=O) groups is 1. The van der Waals surface area contributed by atoms with Gasteiger partial charge in [-0.3, -0.25) is 4.79 Å². The third kappa shape index (κ3) is 3.14. The Morgan fingerprint density at radius 1 is 1.36 bits per heavy atom. The molecule has 0 aromatic carbocycles. The predicted octanol–water partition coefficient (Wildman–Crippen LogP) is 0.825. The molecule has 116 valence electrons. The smallest absolute Gasteiger partial charge is 0.263 e. The minimum atomic E-state index is -3.02. The van der Waals surface area contributed by atoms with Gasteiger partial charge < -0.3 is 5.32 Å². The lowest BCUT2D eigenvalue weighted by molar-refractivity contribution is 0.0944. The maximum absolute atomic E-state index is 12.3. The molecular formula is C13H14N4O3S2. The number of rotatable bonds is 3. The highest BCUT2D eigenvalue weighted by Crippen LogP contribution is 2.25. The maximum Gasteiger partial charge on any atom is 0.263 e. The van der Waals surface area contributed by atoms with E-state index in [2.05, 4.69) is 20.3 Å². The molecule has 1 amide bonds. The minimum Gasteiger partial charge on any atom is -0.347 e. The lowest BCUT2D eigenvalue weighted by Crippen LogP contribution is -2.35. The molecule has 7 nitrogen and oxygen atoms in total. The second-order valence-electron chi connectivity index (χ2n) is 5.08. The van der Waals surface area contributed by atoms with Gasteiger partial charge >= 0.3 is 0 Å². The number of hydrogen-bond donors (Lipinski definition) is 1. The van der Waals surface area contributed by atoms with Crippen molar-refractivity contribution in [3.8, 4) is 10.8 Å². The van der Waals surface area contributed by atoms with Crippen molar-refractivity contribution in [1.82, 2.24) is 20.3 Å². The summed E-state index contributed by atoms with van der Waals surface area (Å²) in [4.78, 5) is 25.3. The summed E-state index contributed by atoms with van der Waals surface area (Å²) in [6.07, 6.45) is 3.69. The van der Waals surface area contributed by atoms with Crippen molar-refractivity contribution in [2.75, 3.05) is 11.5 Å². The molecule has 1 atom stereocenters. The van der Waals surface area contributed by atoms with Crippen LogP contribution in [0.5, 0.6) is 0 Å². The van der Waals surface area contributed by atoms with Crippen LogP contribution in [0, 0.1) is 6.92 Å². The summed E-state index contributed by atoms with van der Waals surface area (Å²) in [6.45, 7) is 1.74. The summed E-state index contributed by atoms with van der Waals surface area (Å²) < 4.78 is 22.9. The Hall–Kier alpha value is -1.87. The Morgan fingerprint density at radius 3 is 2.73 bits per heavy atom. The Bertz CT molecular complexity index is 802. The van der Waals surface area contributed by atoms with Gasteiger partial charge in [0.2, 0.25) is 0 Å². The SMILES string of the molecule is Cc1nc(-c2ncccn2)sc1C(=O)N[C@H]1CCS(=O)(=O)C1. The zero-order valence-electron chi connectivity index (χ0n) is 11.8. The molecular weight excluding hydrogens is 324 g/mol. The first-order valence-electron chi connectivity index (χ1n) is 6.71. The van der Waals surface area contributed by atoms with E-state index in [-0.39, 0.29) is 23.5 Å². The fourth-order valence-corrected chi connectivity index (χ4v) is 4.86. The maximum atomic E-state index is 12.3. The van der Waals surface area contributed by atoms with E-state index < -0.39 is 9.84 Å². The van der Waals surface area contributed by atoms with Gasteiger partial charge in [-0.25, -0.2) is 23.4 Å². The van der Waals surface area contributed by atoms with Crippen molar-refractivity contribution < 1.29 is 13.2 Å². The molecule has 0 unspecified atom stereocenters. The van der Waals surface area contributed by atoms with Gasteiger partial charge in [-0.15, -0.1) is 11.3 Å². The van der Waals surface area contributed by atoms with Crippen molar-refractivity contribution in [3.63, 3.8) is 0 Å². The number of aromatic nitrogens is 3. The number of sulfone groups is 1. The Morgan fingerprint density at radius 2 is 2.09 bits per heavy atom. The van der Waals surface area contributed by atoms with E-state index in [1.807, 2.05) is 0 Å². The first-order valence-corrected chi connectivity index (χ1v) is 9.34. The molecule has 1 saturated heterocycles. The molecule has 0 saturated carbocycles. The van der Waals surface area contributed by atoms with Gasteiger partial charge in [0, 0.05) is 18.4 Å². The fraction of sp³-hybridized carbons (Fsp3) is 0.385. The van der Waals surface area contributed by atoms with Gasteiger partial charge in [-0.1, -0.05) is 0 Å². The summed E-state index contributed by atoms with van der Waals surface area (Å²) in [7, 11) is -3.02. The third-order valence-electron chi connectivity index (χ3n) is 3.33. The molecule has 3 rings (SSSR count). The second kappa shape index (κ2) is 5.73. The topological polar surface area (TPSA) is 102 Å². The van der Waals surface area contributed by atoms with Crippen LogP contribution in [0.4, 0.5) is 0 Å². The molecule has 1 aliphatic rings. The van der Waals surface area contributed by atoms with Crippen molar-refractivity contribution in [2.45, 2.75) is 19.4 Å². The fourth-order valence-electron chi connectivity index (χ4n) is 2.27. The van der Waals surface area contributed by atoms with Crippen molar-refractivity contribution >= 4 is 27.1 Å². The average Bonchev–Trinajstić information content (AvgIpc) is 3.02. The summed E-state index contributed by atoms with van der Waals surface area (Å²) in [5.41, 5.74) is 0.589. The Kier molecular flexibility index (Phi) is 3.92. The standard InChI is InChI=1S/C13H14N4O3S2/c1-8-10(12(18)17-9-3-6-22(19,20)7-9)21-13(16-8)11-14-4-2-5-15-11/h2,4-5,9H,3,6-7H2,1H3,(H,17,18)/t9-/m0/s1. The van der Waals surface area contributed by atoms with E-state index >= 15 is 0 Å². The minimum absolute atomic E-state index is 0.00520. The van der Waals surface area contributed by atoms with Crippen LogP contribution in [0.1, 0.15) is 21.8 Å². The molecule has 1 N–H and O–H groups in total. The predicted molar refractivity (Wildman–Crippen MR) is 82.4 cm³/mol. The number of nitrogens with zero attached hydrogens (tertiary/aromatic N) is 3. The summed E-state index contributed by atoms with van der Waals surface area (Å²) in [5, 5.41) is 3.34. The molecule has 0 aliphatic carbocycles. The lowest BCUT2D eigenvalue weighted by atomic mass is 10.2. The number of amides is 1. The Balaban J connectivity index is 1.78. The highest BCUT2D eigenvalue weighted by atomic mass is 32.2. The average molecular weight is 338 g/mol. The number of aryl methyl sites for hydroxylation is 1. The molecule has 0 radical (unpaired) electrons. The van der Waals surface area contributed by atoms with Crippen LogP contribution in [-0.4, -0.2) is 46.8 Å². The van der Waals surface area contributed by atoms with Gasteiger partial charge in [0.1, 0.15) is 4.88 Å². The van der Waals surface area contributed by atoms with Gasteiger partial charge in [0.15, 0.2) is 20.7 Å². The van der Waals surface area contributed by atoms with Gasteiger partial charge in [0.05, 0.1) is 17.2 Å². The van der Waals surface area contributed by atoms with Crippen LogP contribution in [0.15, 0.2) is 18.5 Å². The molecule has 0 bridgehead atoms. The molecule has 1 aliphatic heterocycles. The molecule has 2 aromatic rings. The Labute approximate surface area is 131 Å². The zero-order chi connectivity index (χ0) is 15.7. The van der Waals surface area contributed by atoms with Crippen LogP contribution >= 0.6 is 11.3 Å². The highest BCUT2D eigenvalue weighted by molar-refractivity contribution is 7.91. The van der Waals surface area contributed by atoms with E-state index in [0.29, 0.717) is 27.8 Å². The molecule has 22 heavy (non-hydrogen) atoms. The molecule has 2 aromatic heterocycles. The van der Waals surface area contributed by atoms with Crippen molar-refractivity contribution in [2.24, 2.45) is 0 Å². The van der Waals surface area contributed by atoms with Gasteiger partial charge in [-0.05, 0) is 19.4 Å². The first kappa shape index (κ1) is 15.0. The lowest BCUT2D eigenvalue weighted by Gasteiger charge is -2.09. The van der Waals surface area contributed by atoms with E-state index in [4.69, 9.17) is 0 Å². The molecule has 0 spiro atoms. The summed E-state index contributed by atoms with van der Waals surface area (Å²) in [5.74, 6) is 0.311. The van der Waals surface area contributed by atoms with E-state index in [9.17, 15) is 13.2 Å². The number of nitrogens with one attached hydrogen (secondary N) is 1. The highest BCUT2D eigenvalue weighted by Gasteiger charge is 2.30. The van der Waals surface area contributed by atoms with Crippen LogP contribution in [0.3, 0.4) is 0 Å². The second-order valence-corrected chi connectivity index (χ2v) is 8.31. The summed E-state index contributed by atoms with van der Waals surface area (Å²) in [6, 6.07) is 1.38. The summed E-state index contributed by atoms with van der Waals surface area (Å²) >= 11 is 1.21. The molecule has 9 heteroatoms. The van der Waals surface area contributed by atoms with Crippen molar-refractivity contribution in [1.29, 1.82) is 0 Å². The van der Waals surface area contributed by atoms with Crippen LogP contribution < -0.4 is 5.32 Å².